The van der Waals surface area contributed by atoms with E-state index in [0.717, 1.165) is 16.9 Å². The van der Waals surface area contributed by atoms with Gasteiger partial charge in [0.15, 0.2) is 0 Å². The molecule has 0 amide bonds. The van der Waals surface area contributed by atoms with Crippen LogP contribution in [0.15, 0.2) is 82.2 Å². The van der Waals surface area contributed by atoms with Crippen molar-refractivity contribution in [3.05, 3.63) is 94.3 Å². The SMILES string of the molecule is COc1ccc([C@@H]2CC(=O)Oc3ccc4c(=O)c(-c5ccccc5)coc4c32)cc1. The highest BCUT2D eigenvalue weighted by Crippen LogP contribution is 2.43. The number of fused-ring (bicyclic) bond motifs is 3. The van der Waals surface area contributed by atoms with E-state index in [-0.39, 0.29) is 23.7 Å². The van der Waals surface area contributed by atoms with E-state index in [1.54, 1.807) is 19.2 Å². The van der Waals surface area contributed by atoms with E-state index in [9.17, 15) is 9.59 Å². The van der Waals surface area contributed by atoms with Crippen molar-refractivity contribution in [3.8, 4) is 22.6 Å². The highest BCUT2D eigenvalue weighted by molar-refractivity contribution is 5.90. The van der Waals surface area contributed by atoms with E-state index in [1.807, 2.05) is 54.6 Å². The van der Waals surface area contributed by atoms with E-state index >= 15 is 0 Å². The molecule has 5 nitrogen and oxygen atoms in total. The highest BCUT2D eigenvalue weighted by atomic mass is 16.5. The maximum absolute atomic E-state index is 13.2. The Hall–Kier alpha value is -3.86. The van der Waals surface area contributed by atoms with Crippen molar-refractivity contribution in [1.29, 1.82) is 0 Å². The Kier molecular flexibility index (Phi) is 4.36. The predicted molar refractivity (Wildman–Crippen MR) is 113 cm³/mol. The summed E-state index contributed by atoms with van der Waals surface area (Å²) in [5.41, 5.74) is 3.27. The third kappa shape index (κ3) is 2.95. The molecule has 0 fully saturated rings. The lowest BCUT2D eigenvalue weighted by molar-refractivity contribution is -0.135. The molecule has 148 valence electrons. The first-order valence-corrected chi connectivity index (χ1v) is 9.64. The number of hydrogen-bond donors (Lipinski definition) is 0. The summed E-state index contributed by atoms with van der Waals surface area (Å²) in [6.07, 6.45) is 1.66. The Labute approximate surface area is 172 Å². The molecule has 1 atom stereocenters. The Bertz CT molecular complexity index is 1300. The van der Waals surface area contributed by atoms with Gasteiger partial charge in [0.2, 0.25) is 5.43 Å². The molecule has 3 aromatic carbocycles. The van der Waals surface area contributed by atoms with Crippen molar-refractivity contribution in [3.63, 3.8) is 0 Å². The Balaban J connectivity index is 1.71. The molecular formula is C25H18O5. The number of rotatable bonds is 3. The second kappa shape index (κ2) is 7.19. The number of carbonyl (C=O) groups is 1. The fraction of sp³-hybridized carbons (Fsp3) is 0.120. The van der Waals surface area contributed by atoms with Crippen LogP contribution in [-0.4, -0.2) is 13.1 Å². The number of carbonyl (C=O) groups excluding carboxylic acids is 1. The van der Waals surface area contributed by atoms with Crippen LogP contribution in [0, 0.1) is 0 Å². The lowest BCUT2D eigenvalue weighted by atomic mass is 9.85. The van der Waals surface area contributed by atoms with Crippen LogP contribution >= 0.6 is 0 Å². The number of ether oxygens (including phenoxy) is 2. The van der Waals surface area contributed by atoms with Crippen LogP contribution < -0.4 is 14.9 Å². The van der Waals surface area contributed by atoms with Gasteiger partial charge in [0.1, 0.15) is 23.3 Å². The Morgan fingerprint density at radius 2 is 1.70 bits per heavy atom. The molecule has 0 aliphatic carbocycles. The minimum atomic E-state index is -0.314. The van der Waals surface area contributed by atoms with E-state index < -0.39 is 0 Å². The fourth-order valence-electron chi connectivity index (χ4n) is 3.99. The average Bonchev–Trinajstić information content (AvgIpc) is 2.79. The molecular weight excluding hydrogens is 380 g/mol. The summed E-state index contributed by atoms with van der Waals surface area (Å²) in [4.78, 5) is 25.5. The van der Waals surface area contributed by atoms with E-state index in [0.29, 0.717) is 27.8 Å². The number of esters is 1. The van der Waals surface area contributed by atoms with Crippen molar-refractivity contribution >= 4 is 16.9 Å². The molecule has 30 heavy (non-hydrogen) atoms. The Morgan fingerprint density at radius 3 is 2.43 bits per heavy atom. The van der Waals surface area contributed by atoms with Crippen molar-refractivity contribution in [2.24, 2.45) is 0 Å². The van der Waals surface area contributed by atoms with Crippen LogP contribution in [-0.2, 0) is 4.79 Å². The largest absolute Gasteiger partial charge is 0.497 e. The molecule has 0 saturated carbocycles. The molecule has 5 heteroatoms. The summed E-state index contributed by atoms with van der Waals surface area (Å²) in [5.74, 6) is 0.567. The first kappa shape index (κ1) is 18.2. The molecule has 5 rings (SSSR count). The van der Waals surface area contributed by atoms with Gasteiger partial charge in [-0.3, -0.25) is 9.59 Å². The van der Waals surface area contributed by atoms with Crippen LogP contribution in [0.3, 0.4) is 0 Å². The second-order valence-electron chi connectivity index (χ2n) is 7.20. The van der Waals surface area contributed by atoms with Gasteiger partial charge in [-0.05, 0) is 35.4 Å². The lowest BCUT2D eigenvalue weighted by Gasteiger charge is -2.25. The van der Waals surface area contributed by atoms with Gasteiger partial charge in [0.05, 0.1) is 24.5 Å². The van der Waals surface area contributed by atoms with Gasteiger partial charge < -0.3 is 13.9 Å². The zero-order valence-electron chi connectivity index (χ0n) is 16.3. The normalized spacial score (nSPS) is 15.5. The molecule has 0 radical (unpaired) electrons. The molecule has 4 aromatic rings. The maximum Gasteiger partial charge on any atom is 0.312 e. The first-order chi connectivity index (χ1) is 14.7. The summed E-state index contributed by atoms with van der Waals surface area (Å²) in [6, 6.07) is 20.3. The van der Waals surface area contributed by atoms with Gasteiger partial charge in [-0.25, -0.2) is 0 Å². The van der Waals surface area contributed by atoms with Crippen LogP contribution in [0.1, 0.15) is 23.5 Å². The molecule has 2 heterocycles. The summed E-state index contributed by atoms with van der Waals surface area (Å²) in [5, 5.41) is 0.464. The van der Waals surface area contributed by atoms with Crippen molar-refractivity contribution in [2.45, 2.75) is 12.3 Å². The fourth-order valence-corrected chi connectivity index (χ4v) is 3.99. The molecule has 0 saturated heterocycles. The monoisotopic (exact) mass is 398 g/mol. The van der Waals surface area contributed by atoms with Crippen LogP contribution in [0.2, 0.25) is 0 Å². The minimum absolute atomic E-state index is 0.115. The summed E-state index contributed by atoms with van der Waals surface area (Å²) in [7, 11) is 1.61. The standard InChI is InChI=1S/C25H18O5/c1-28-17-9-7-16(8-10-17)19-13-22(26)30-21-12-11-18-24(27)20(14-29-25(18)23(19)21)15-5-3-2-4-6-15/h2-12,14,19H,13H2,1H3/t19-/m0/s1. The first-order valence-electron chi connectivity index (χ1n) is 9.64. The molecule has 0 bridgehead atoms. The van der Waals surface area contributed by atoms with Gasteiger partial charge in [-0.15, -0.1) is 0 Å². The van der Waals surface area contributed by atoms with Gasteiger partial charge in [-0.2, -0.15) is 0 Å². The number of methoxy groups -OCH3 is 1. The molecule has 1 aliphatic heterocycles. The topological polar surface area (TPSA) is 65.7 Å². The predicted octanol–water partition coefficient (Wildman–Crippen LogP) is 4.91. The second-order valence-corrected chi connectivity index (χ2v) is 7.20. The summed E-state index contributed by atoms with van der Waals surface area (Å²) in [6.45, 7) is 0. The third-order valence-corrected chi connectivity index (χ3v) is 5.49. The van der Waals surface area contributed by atoms with Gasteiger partial charge >= 0.3 is 5.97 Å². The smallest absolute Gasteiger partial charge is 0.312 e. The van der Waals surface area contributed by atoms with Crippen LogP contribution in [0.25, 0.3) is 22.1 Å². The molecule has 1 aliphatic rings. The third-order valence-electron chi connectivity index (χ3n) is 5.49. The van der Waals surface area contributed by atoms with Crippen LogP contribution in [0.5, 0.6) is 11.5 Å². The number of benzene rings is 3. The van der Waals surface area contributed by atoms with E-state index in [2.05, 4.69) is 0 Å². The van der Waals surface area contributed by atoms with E-state index in [1.165, 1.54) is 6.26 Å². The zero-order chi connectivity index (χ0) is 20.7. The highest BCUT2D eigenvalue weighted by Gasteiger charge is 2.32. The molecule has 0 N–H and O–H groups in total. The molecule has 1 aromatic heterocycles. The lowest BCUT2D eigenvalue weighted by Crippen LogP contribution is -2.22. The average molecular weight is 398 g/mol. The molecule has 0 unspecified atom stereocenters. The van der Waals surface area contributed by atoms with Gasteiger partial charge in [-0.1, -0.05) is 42.5 Å². The van der Waals surface area contributed by atoms with Crippen molar-refractivity contribution in [2.75, 3.05) is 7.11 Å². The van der Waals surface area contributed by atoms with Gasteiger partial charge in [0.25, 0.3) is 0 Å². The van der Waals surface area contributed by atoms with Crippen molar-refractivity contribution in [1.82, 2.24) is 0 Å². The van der Waals surface area contributed by atoms with Crippen molar-refractivity contribution < 1.29 is 18.7 Å². The quantitative estimate of drug-likeness (QED) is 0.362. The van der Waals surface area contributed by atoms with Crippen LogP contribution in [0.4, 0.5) is 0 Å². The summed E-state index contributed by atoms with van der Waals surface area (Å²) < 4.78 is 16.7. The zero-order valence-corrected chi connectivity index (χ0v) is 16.3. The molecule has 0 spiro atoms. The van der Waals surface area contributed by atoms with Gasteiger partial charge in [0, 0.05) is 11.5 Å². The summed E-state index contributed by atoms with van der Waals surface area (Å²) >= 11 is 0. The number of hydrogen-bond acceptors (Lipinski definition) is 5. The maximum atomic E-state index is 13.2. The Morgan fingerprint density at radius 1 is 0.933 bits per heavy atom. The van der Waals surface area contributed by atoms with E-state index in [4.69, 9.17) is 13.9 Å². The minimum Gasteiger partial charge on any atom is -0.497 e.